The summed E-state index contributed by atoms with van der Waals surface area (Å²) in [6, 6.07) is 3.82. The number of rotatable bonds is 10. The molecule has 0 aliphatic rings. The molecule has 186 valence electrons. The van der Waals surface area contributed by atoms with Gasteiger partial charge in [-0.3, -0.25) is 14.4 Å². The van der Waals surface area contributed by atoms with Crippen LogP contribution in [0.4, 0.5) is 31.1 Å². The van der Waals surface area contributed by atoms with Gasteiger partial charge in [-0.1, -0.05) is 6.58 Å². The van der Waals surface area contributed by atoms with Crippen molar-refractivity contribution in [3.05, 3.63) is 42.0 Å². The van der Waals surface area contributed by atoms with E-state index < -0.39 is 59.7 Å². The molecule has 0 radical (unpaired) electrons. The van der Waals surface area contributed by atoms with Crippen LogP contribution >= 0.6 is 0 Å². The van der Waals surface area contributed by atoms with Crippen molar-refractivity contribution in [1.29, 1.82) is 0 Å². The lowest BCUT2D eigenvalue weighted by molar-refractivity contribution is -0.189. The average molecular weight is 497 g/mol. The molecule has 1 amide bonds. The smallest absolute Gasteiger partial charge is 0.450 e. The third-order valence-corrected chi connectivity index (χ3v) is 3.92. The van der Waals surface area contributed by atoms with Gasteiger partial charge in [0.15, 0.2) is 5.78 Å². The highest BCUT2D eigenvalue weighted by Crippen LogP contribution is 2.30. The zero-order valence-corrected chi connectivity index (χ0v) is 17.3. The standard InChI is InChI=1S/C20H17F6NO7/c1-10(2)17(31)33-8-7-27-18(32)34-12-5-3-11(4-6-12)14(28)9-13(15(29)19(21,22)23)16(30)20(24,25)26/h3-6,13H,1,7-9H2,2H3,(H,27,32). The molecule has 8 nitrogen and oxygen atoms in total. The van der Waals surface area contributed by atoms with Gasteiger partial charge in [-0.15, -0.1) is 0 Å². The Kier molecular flexibility index (Phi) is 9.52. The van der Waals surface area contributed by atoms with E-state index in [2.05, 4.69) is 11.9 Å². The fourth-order valence-corrected chi connectivity index (χ4v) is 2.27. The summed E-state index contributed by atoms with van der Waals surface area (Å²) in [5.41, 5.74) is -0.288. The SMILES string of the molecule is C=C(C)C(=O)OCCNC(=O)Oc1ccc(C(=O)CC(C(=O)C(F)(F)F)C(=O)C(F)(F)F)cc1. The summed E-state index contributed by atoms with van der Waals surface area (Å²) in [4.78, 5) is 57.5. The number of nitrogens with one attached hydrogen (secondary N) is 1. The number of Topliss-reactive ketones (excluding diaryl/α,β-unsaturated/α-hetero) is 3. The Morgan fingerprint density at radius 2 is 1.44 bits per heavy atom. The maximum atomic E-state index is 12.6. The lowest BCUT2D eigenvalue weighted by atomic mass is 9.90. The van der Waals surface area contributed by atoms with Crippen LogP contribution < -0.4 is 10.1 Å². The number of alkyl halides is 6. The number of hydrogen-bond acceptors (Lipinski definition) is 7. The Morgan fingerprint density at radius 3 is 1.88 bits per heavy atom. The van der Waals surface area contributed by atoms with Crippen molar-refractivity contribution in [1.82, 2.24) is 5.32 Å². The van der Waals surface area contributed by atoms with Gasteiger partial charge >= 0.3 is 24.4 Å². The first kappa shape index (κ1) is 28.3. The highest BCUT2D eigenvalue weighted by molar-refractivity contribution is 6.11. The number of hydrogen-bond donors (Lipinski definition) is 1. The Morgan fingerprint density at radius 1 is 0.941 bits per heavy atom. The van der Waals surface area contributed by atoms with Crippen molar-refractivity contribution in [3.8, 4) is 5.75 Å². The van der Waals surface area contributed by atoms with Crippen LogP contribution in [0, 0.1) is 5.92 Å². The molecule has 0 aliphatic carbocycles. The summed E-state index contributed by atoms with van der Waals surface area (Å²) < 4.78 is 85.1. The number of ether oxygens (including phenoxy) is 2. The molecule has 0 atom stereocenters. The fourth-order valence-electron chi connectivity index (χ4n) is 2.27. The van der Waals surface area contributed by atoms with Gasteiger partial charge in [0.2, 0.25) is 11.6 Å². The highest BCUT2D eigenvalue weighted by atomic mass is 19.4. The topological polar surface area (TPSA) is 116 Å². The van der Waals surface area contributed by atoms with Crippen molar-refractivity contribution >= 4 is 29.4 Å². The van der Waals surface area contributed by atoms with Crippen LogP contribution in [0.15, 0.2) is 36.4 Å². The first-order valence-corrected chi connectivity index (χ1v) is 9.17. The van der Waals surface area contributed by atoms with Gasteiger partial charge in [-0.25, -0.2) is 9.59 Å². The third-order valence-electron chi connectivity index (χ3n) is 3.92. The molecule has 0 aliphatic heterocycles. The van der Waals surface area contributed by atoms with Gasteiger partial charge in [0.05, 0.1) is 6.54 Å². The van der Waals surface area contributed by atoms with E-state index in [1.54, 1.807) is 0 Å². The van der Waals surface area contributed by atoms with Crippen LogP contribution in [-0.2, 0) is 19.1 Å². The van der Waals surface area contributed by atoms with Gasteiger partial charge in [0.25, 0.3) is 0 Å². The predicted octanol–water partition coefficient (Wildman–Crippen LogP) is 3.35. The van der Waals surface area contributed by atoms with E-state index in [0.29, 0.717) is 0 Å². The number of halogens is 6. The van der Waals surface area contributed by atoms with Crippen molar-refractivity contribution in [3.63, 3.8) is 0 Å². The number of ketones is 3. The summed E-state index contributed by atoms with van der Waals surface area (Å²) in [6.45, 7) is 4.45. The van der Waals surface area contributed by atoms with Crippen LogP contribution in [0.1, 0.15) is 23.7 Å². The molecule has 1 rings (SSSR count). The van der Waals surface area contributed by atoms with E-state index in [0.717, 1.165) is 24.3 Å². The molecule has 0 unspecified atom stereocenters. The third kappa shape index (κ3) is 8.67. The largest absolute Gasteiger partial charge is 0.460 e. The van der Waals surface area contributed by atoms with Crippen molar-refractivity contribution in [2.24, 2.45) is 5.92 Å². The molecule has 34 heavy (non-hydrogen) atoms. The summed E-state index contributed by atoms with van der Waals surface area (Å²) in [5.74, 6) is -11.5. The maximum Gasteiger partial charge on any atom is 0.450 e. The van der Waals surface area contributed by atoms with Gasteiger partial charge < -0.3 is 14.8 Å². The zero-order chi connectivity index (χ0) is 26.3. The first-order chi connectivity index (χ1) is 15.5. The Balaban J connectivity index is 2.77. The van der Waals surface area contributed by atoms with Crippen molar-refractivity contribution in [2.45, 2.75) is 25.7 Å². The minimum atomic E-state index is -5.76. The second kappa shape index (κ2) is 11.4. The molecule has 0 spiro atoms. The molecule has 0 aromatic heterocycles. The van der Waals surface area contributed by atoms with Crippen LogP contribution in [0.3, 0.4) is 0 Å². The normalized spacial score (nSPS) is 11.5. The molecule has 1 aromatic rings. The molecule has 14 heteroatoms. The van der Waals surface area contributed by atoms with Gasteiger partial charge in [-0.2, -0.15) is 26.3 Å². The second-order valence-corrected chi connectivity index (χ2v) is 6.66. The summed E-state index contributed by atoms with van der Waals surface area (Å²) in [5, 5.41) is 2.22. The van der Waals surface area contributed by atoms with Crippen LogP contribution in [0.5, 0.6) is 5.75 Å². The molecule has 0 fully saturated rings. The molecule has 0 saturated carbocycles. The number of amides is 1. The molecule has 0 heterocycles. The van der Waals surface area contributed by atoms with Crippen molar-refractivity contribution in [2.75, 3.05) is 13.2 Å². The van der Waals surface area contributed by atoms with Crippen LogP contribution in [-0.4, -0.2) is 54.9 Å². The maximum absolute atomic E-state index is 12.6. The molecule has 0 bridgehead atoms. The number of carbonyl (C=O) groups excluding carboxylic acids is 5. The minimum absolute atomic E-state index is 0.129. The molecular formula is C20H17F6NO7. The Labute approximate surface area is 187 Å². The monoisotopic (exact) mass is 497 g/mol. The predicted molar refractivity (Wildman–Crippen MR) is 101 cm³/mol. The first-order valence-electron chi connectivity index (χ1n) is 9.17. The quantitative estimate of drug-likeness (QED) is 0.132. The molecular weight excluding hydrogens is 480 g/mol. The lowest BCUT2D eigenvalue weighted by Gasteiger charge is -2.17. The summed E-state index contributed by atoms with van der Waals surface area (Å²) >= 11 is 0. The van der Waals surface area contributed by atoms with Gasteiger partial charge in [-0.05, 0) is 31.2 Å². The second-order valence-electron chi connectivity index (χ2n) is 6.66. The van der Waals surface area contributed by atoms with Gasteiger partial charge in [0, 0.05) is 17.6 Å². The average Bonchev–Trinajstić information content (AvgIpc) is 2.72. The number of carbonyl (C=O) groups is 5. The Bertz CT molecular complexity index is 941. The van der Waals surface area contributed by atoms with Crippen LogP contribution in [0.25, 0.3) is 0 Å². The lowest BCUT2D eigenvalue weighted by Crippen LogP contribution is -2.42. The van der Waals surface area contributed by atoms with E-state index in [1.165, 1.54) is 6.92 Å². The summed E-state index contributed by atoms with van der Waals surface area (Å²) in [6.07, 6.45) is -14.2. The van der Waals surface area contributed by atoms with E-state index in [1.807, 2.05) is 0 Å². The van der Waals surface area contributed by atoms with Crippen LogP contribution in [0.2, 0.25) is 0 Å². The molecule has 1 aromatic carbocycles. The van der Waals surface area contributed by atoms with Crippen molar-refractivity contribution < 1.29 is 59.8 Å². The van der Waals surface area contributed by atoms with E-state index in [9.17, 15) is 50.3 Å². The zero-order valence-electron chi connectivity index (χ0n) is 17.3. The highest BCUT2D eigenvalue weighted by Gasteiger charge is 2.53. The number of esters is 1. The summed E-state index contributed by atoms with van der Waals surface area (Å²) in [7, 11) is 0. The Hall–Kier alpha value is -3.71. The minimum Gasteiger partial charge on any atom is -0.460 e. The van der Waals surface area contributed by atoms with Gasteiger partial charge in [0.1, 0.15) is 18.3 Å². The van der Waals surface area contributed by atoms with E-state index in [-0.39, 0.29) is 24.5 Å². The van der Waals surface area contributed by atoms with E-state index >= 15 is 0 Å². The number of benzene rings is 1. The molecule has 1 N–H and O–H groups in total. The molecule has 0 saturated heterocycles. The van der Waals surface area contributed by atoms with E-state index in [4.69, 9.17) is 9.47 Å². The fraction of sp³-hybridized carbons (Fsp3) is 0.350.